The zero-order chi connectivity index (χ0) is 14.5. The van der Waals surface area contributed by atoms with Gasteiger partial charge in [0.25, 0.3) is 0 Å². The van der Waals surface area contributed by atoms with Crippen molar-refractivity contribution in [3.63, 3.8) is 0 Å². The van der Waals surface area contributed by atoms with Crippen molar-refractivity contribution in [1.29, 1.82) is 0 Å². The van der Waals surface area contributed by atoms with Gasteiger partial charge in [-0.15, -0.1) is 11.3 Å². The average molecular weight is 303 g/mol. The van der Waals surface area contributed by atoms with E-state index in [9.17, 15) is 5.11 Å². The van der Waals surface area contributed by atoms with Gasteiger partial charge in [0.05, 0.1) is 37.7 Å². The van der Waals surface area contributed by atoms with Gasteiger partial charge < -0.3 is 14.4 Å². The van der Waals surface area contributed by atoms with E-state index in [1.165, 1.54) is 0 Å². The van der Waals surface area contributed by atoms with Crippen molar-refractivity contribution in [1.82, 2.24) is 14.3 Å². The van der Waals surface area contributed by atoms with E-state index >= 15 is 0 Å². The lowest BCUT2D eigenvalue weighted by atomic mass is 10.4. The van der Waals surface area contributed by atoms with Crippen molar-refractivity contribution < 1.29 is 9.84 Å². The van der Waals surface area contributed by atoms with Crippen LogP contribution in [0.2, 0.25) is 0 Å². The molecule has 0 amide bonds. The minimum absolute atomic E-state index is 0.302. The van der Waals surface area contributed by atoms with Crippen molar-refractivity contribution >= 4 is 11.3 Å². The Kier molecular flexibility index (Phi) is 4.49. The van der Waals surface area contributed by atoms with E-state index in [4.69, 9.17) is 4.74 Å². The van der Waals surface area contributed by atoms with E-state index < -0.39 is 6.10 Å². The fourth-order valence-electron chi connectivity index (χ4n) is 2.05. The Hall–Kier alpha value is -1.89. The molecular formula is C15H17N3O2S. The van der Waals surface area contributed by atoms with E-state index in [2.05, 4.69) is 5.10 Å². The van der Waals surface area contributed by atoms with E-state index in [1.807, 2.05) is 52.8 Å². The minimum Gasteiger partial charge on any atom is -0.389 e. The number of hydrogen-bond donors (Lipinski definition) is 1. The molecule has 110 valence electrons. The number of aliphatic hydroxyl groups excluding tert-OH is 1. The predicted molar refractivity (Wildman–Crippen MR) is 81.5 cm³/mol. The molecule has 0 fully saturated rings. The zero-order valence-electron chi connectivity index (χ0n) is 11.5. The molecule has 0 saturated carbocycles. The molecule has 1 N–H and O–H groups in total. The third-order valence-corrected chi connectivity index (χ3v) is 3.90. The third kappa shape index (κ3) is 3.81. The smallest absolute Gasteiger partial charge is 0.0969 e. The third-order valence-electron chi connectivity index (χ3n) is 3.05. The lowest BCUT2D eigenvalue weighted by Gasteiger charge is -2.10. The lowest BCUT2D eigenvalue weighted by Crippen LogP contribution is -2.22. The second-order valence-electron chi connectivity index (χ2n) is 4.76. The second-order valence-corrected chi connectivity index (χ2v) is 5.79. The van der Waals surface area contributed by atoms with Gasteiger partial charge in [-0.05, 0) is 23.6 Å². The van der Waals surface area contributed by atoms with Gasteiger partial charge in [0.15, 0.2) is 0 Å². The van der Waals surface area contributed by atoms with Crippen LogP contribution in [0.15, 0.2) is 54.4 Å². The van der Waals surface area contributed by atoms with Crippen molar-refractivity contribution in [3.8, 4) is 5.69 Å². The van der Waals surface area contributed by atoms with Gasteiger partial charge in [0, 0.05) is 23.5 Å². The molecular weight excluding hydrogens is 286 g/mol. The van der Waals surface area contributed by atoms with Gasteiger partial charge in [-0.2, -0.15) is 5.10 Å². The van der Waals surface area contributed by atoms with Crippen LogP contribution >= 0.6 is 11.3 Å². The molecule has 0 aliphatic rings. The number of thiophene rings is 1. The van der Waals surface area contributed by atoms with Crippen LogP contribution in [-0.4, -0.2) is 32.2 Å². The minimum atomic E-state index is -0.567. The highest BCUT2D eigenvalue weighted by Crippen LogP contribution is 2.10. The van der Waals surface area contributed by atoms with Crippen molar-refractivity contribution in [3.05, 3.63) is 59.3 Å². The summed E-state index contributed by atoms with van der Waals surface area (Å²) < 4.78 is 9.21. The molecule has 0 bridgehead atoms. The van der Waals surface area contributed by atoms with E-state index in [1.54, 1.807) is 22.2 Å². The summed E-state index contributed by atoms with van der Waals surface area (Å²) in [5.74, 6) is 0. The first-order valence-corrected chi connectivity index (χ1v) is 7.63. The van der Waals surface area contributed by atoms with Crippen LogP contribution in [0.5, 0.6) is 0 Å². The van der Waals surface area contributed by atoms with Crippen LogP contribution < -0.4 is 0 Å². The molecule has 0 unspecified atom stereocenters. The molecule has 21 heavy (non-hydrogen) atoms. The maximum atomic E-state index is 9.98. The Bertz CT molecular complexity index is 646. The molecule has 0 aliphatic heterocycles. The van der Waals surface area contributed by atoms with Crippen LogP contribution in [0.4, 0.5) is 0 Å². The Morgan fingerprint density at radius 3 is 2.90 bits per heavy atom. The van der Waals surface area contributed by atoms with Crippen LogP contribution in [0.3, 0.4) is 0 Å². The van der Waals surface area contributed by atoms with Gasteiger partial charge in [-0.1, -0.05) is 6.07 Å². The summed E-state index contributed by atoms with van der Waals surface area (Å²) in [5.41, 5.74) is 0.978. The summed E-state index contributed by atoms with van der Waals surface area (Å²) in [7, 11) is 0. The van der Waals surface area contributed by atoms with Crippen LogP contribution in [0, 0.1) is 0 Å². The van der Waals surface area contributed by atoms with Gasteiger partial charge in [-0.25, -0.2) is 0 Å². The molecule has 1 atom stereocenters. The van der Waals surface area contributed by atoms with Crippen molar-refractivity contribution in [2.24, 2.45) is 0 Å². The first-order valence-electron chi connectivity index (χ1n) is 6.75. The predicted octanol–water partition coefficient (Wildman–Crippen LogP) is 2.31. The average Bonchev–Trinajstić information content (AvgIpc) is 3.21. The number of nitrogens with zero attached hydrogens (tertiary/aromatic N) is 3. The maximum Gasteiger partial charge on any atom is 0.0969 e. The summed E-state index contributed by atoms with van der Waals surface area (Å²) in [5, 5.41) is 16.2. The van der Waals surface area contributed by atoms with Crippen molar-refractivity contribution in [2.45, 2.75) is 19.3 Å². The lowest BCUT2D eigenvalue weighted by molar-refractivity contribution is 0.0196. The molecule has 3 rings (SSSR count). The van der Waals surface area contributed by atoms with Crippen LogP contribution in [-0.2, 0) is 17.9 Å². The number of hydrogen-bond acceptors (Lipinski definition) is 4. The Balaban J connectivity index is 1.47. The Morgan fingerprint density at radius 1 is 1.29 bits per heavy atom. The topological polar surface area (TPSA) is 52.2 Å². The quantitative estimate of drug-likeness (QED) is 0.729. The molecule has 6 heteroatoms. The highest BCUT2D eigenvalue weighted by molar-refractivity contribution is 7.09. The molecule has 0 radical (unpaired) electrons. The molecule has 3 aromatic rings. The highest BCUT2D eigenvalue weighted by atomic mass is 32.1. The monoisotopic (exact) mass is 303 g/mol. The van der Waals surface area contributed by atoms with E-state index in [-0.39, 0.29) is 0 Å². The fraction of sp³-hybridized carbons (Fsp3) is 0.267. The maximum absolute atomic E-state index is 9.98. The van der Waals surface area contributed by atoms with Gasteiger partial charge in [0.2, 0.25) is 0 Å². The van der Waals surface area contributed by atoms with Gasteiger partial charge >= 0.3 is 0 Å². The SMILES string of the molecule is O[C@@H](COCc1cccs1)Cn1cc(-n2cccc2)cn1. The Labute approximate surface area is 127 Å². The first-order chi connectivity index (χ1) is 10.3. The molecule has 0 saturated heterocycles. The standard InChI is InChI=1S/C15H17N3O2S/c19-14(11-20-12-15-4-3-7-21-15)10-18-9-13(8-16-18)17-5-1-2-6-17/h1-9,14,19H,10-12H2/t14-/m1/s1. The van der Waals surface area contributed by atoms with E-state index in [0.717, 1.165) is 10.6 Å². The summed E-state index contributed by atoms with van der Waals surface area (Å²) in [6, 6.07) is 7.94. The zero-order valence-corrected chi connectivity index (χ0v) is 12.3. The fourth-order valence-corrected chi connectivity index (χ4v) is 2.69. The van der Waals surface area contributed by atoms with Crippen molar-refractivity contribution in [2.75, 3.05) is 6.61 Å². The largest absolute Gasteiger partial charge is 0.389 e. The summed E-state index contributed by atoms with van der Waals surface area (Å²) >= 11 is 1.65. The molecule has 0 spiro atoms. The number of aliphatic hydroxyl groups is 1. The highest BCUT2D eigenvalue weighted by Gasteiger charge is 2.08. The van der Waals surface area contributed by atoms with Gasteiger partial charge in [0.1, 0.15) is 0 Å². The summed E-state index contributed by atoms with van der Waals surface area (Å²) in [4.78, 5) is 1.16. The molecule has 3 heterocycles. The molecule has 0 aromatic carbocycles. The first kappa shape index (κ1) is 14.1. The summed E-state index contributed by atoms with van der Waals surface area (Å²) in [6.07, 6.45) is 7.04. The molecule has 3 aromatic heterocycles. The number of ether oxygens (including phenoxy) is 1. The van der Waals surface area contributed by atoms with Crippen LogP contribution in [0.1, 0.15) is 4.88 Å². The number of aromatic nitrogens is 3. The Morgan fingerprint density at radius 2 is 2.14 bits per heavy atom. The molecule has 0 aliphatic carbocycles. The van der Waals surface area contributed by atoms with Gasteiger partial charge in [-0.3, -0.25) is 4.68 Å². The van der Waals surface area contributed by atoms with E-state index in [0.29, 0.717) is 19.8 Å². The second kappa shape index (κ2) is 6.71. The van der Waals surface area contributed by atoms with Crippen LogP contribution in [0.25, 0.3) is 5.69 Å². The number of rotatable bonds is 7. The summed E-state index contributed by atoms with van der Waals surface area (Å²) in [6.45, 7) is 1.27. The normalized spacial score (nSPS) is 12.6. The molecule has 5 nitrogen and oxygen atoms in total.